The summed E-state index contributed by atoms with van der Waals surface area (Å²) in [6.07, 6.45) is -1.47. The third-order valence-electron chi connectivity index (χ3n) is 2.05. The summed E-state index contributed by atoms with van der Waals surface area (Å²) in [4.78, 5) is 11.4. The molecule has 0 amide bonds. The average molecular weight is 279 g/mol. The van der Waals surface area contributed by atoms with Crippen molar-refractivity contribution in [2.24, 2.45) is 0 Å². The van der Waals surface area contributed by atoms with E-state index in [0.717, 1.165) is 0 Å². The number of aliphatic hydroxyl groups excluding tert-OH is 1. The summed E-state index contributed by atoms with van der Waals surface area (Å²) < 4.78 is 9.73. The van der Waals surface area contributed by atoms with Crippen LogP contribution in [-0.4, -0.2) is 24.8 Å². The van der Waals surface area contributed by atoms with Crippen LogP contribution in [0.15, 0.2) is 12.1 Å². The number of esters is 1. The molecule has 1 atom stereocenters. The van der Waals surface area contributed by atoms with Gasteiger partial charge in [-0.1, -0.05) is 23.2 Å². The molecule has 0 spiro atoms. The number of aliphatic hydroxyl groups is 1. The number of benzene rings is 1. The second-order valence-electron chi connectivity index (χ2n) is 3.16. The number of carbonyl (C=O) groups excluding carboxylic acids is 1. The Bertz CT molecular complexity index is 420. The van der Waals surface area contributed by atoms with Crippen LogP contribution in [0, 0.1) is 0 Å². The van der Waals surface area contributed by atoms with Crippen LogP contribution in [-0.2, 0) is 9.53 Å². The van der Waals surface area contributed by atoms with Gasteiger partial charge in [0.05, 0.1) is 18.7 Å². The predicted octanol–water partition coefficient (Wildman–Crippen LogP) is 2.60. The van der Waals surface area contributed by atoms with Crippen LogP contribution in [0.2, 0.25) is 10.0 Å². The molecule has 0 saturated carbocycles. The fourth-order valence-electron chi connectivity index (χ4n) is 1.35. The van der Waals surface area contributed by atoms with Crippen molar-refractivity contribution in [1.29, 1.82) is 0 Å². The molecule has 0 aliphatic rings. The van der Waals surface area contributed by atoms with Gasteiger partial charge in [0, 0.05) is 10.6 Å². The average Bonchev–Trinajstić information content (AvgIpc) is 2.27. The molecule has 1 rings (SSSR count). The molecular formula is C11H12Cl2O4. The number of hydrogen-bond acceptors (Lipinski definition) is 4. The molecule has 0 aliphatic heterocycles. The lowest BCUT2D eigenvalue weighted by Gasteiger charge is -2.15. The fourth-order valence-corrected chi connectivity index (χ4v) is 1.93. The Balaban J connectivity index is 3.15. The third-order valence-corrected chi connectivity index (χ3v) is 2.54. The van der Waals surface area contributed by atoms with Crippen LogP contribution in [0.3, 0.4) is 0 Å². The van der Waals surface area contributed by atoms with E-state index in [2.05, 4.69) is 0 Å². The number of rotatable bonds is 4. The summed E-state index contributed by atoms with van der Waals surface area (Å²) in [5, 5.41) is 10.3. The van der Waals surface area contributed by atoms with Gasteiger partial charge < -0.3 is 14.6 Å². The maximum atomic E-state index is 11.4. The standard InChI is InChI=1S/C11H12Cl2O4/c1-3-17-11(15)9(14)7-4-6(12)5-8(13)10(7)16-2/h4-5,9,14H,3H2,1-2H3. The van der Waals surface area contributed by atoms with Gasteiger partial charge in [-0.15, -0.1) is 0 Å². The smallest absolute Gasteiger partial charge is 0.339 e. The number of carbonyl (C=O) groups is 1. The normalized spacial score (nSPS) is 12.1. The summed E-state index contributed by atoms with van der Waals surface area (Å²) >= 11 is 11.7. The Morgan fingerprint density at radius 2 is 2.12 bits per heavy atom. The van der Waals surface area contributed by atoms with Crippen LogP contribution in [0.5, 0.6) is 5.75 Å². The molecule has 1 N–H and O–H groups in total. The largest absolute Gasteiger partial charge is 0.495 e. The molecule has 0 saturated heterocycles. The molecule has 0 bridgehead atoms. The zero-order chi connectivity index (χ0) is 13.0. The number of methoxy groups -OCH3 is 1. The first-order valence-corrected chi connectivity index (χ1v) is 5.64. The van der Waals surface area contributed by atoms with Crippen LogP contribution in [0.25, 0.3) is 0 Å². The van der Waals surface area contributed by atoms with E-state index in [0.29, 0.717) is 5.02 Å². The highest BCUT2D eigenvalue weighted by atomic mass is 35.5. The summed E-state index contributed by atoms with van der Waals surface area (Å²) in [7, 11) is 1.39. The number of hydrogen-bond donors (Lipinski definition) is 1. The van der Waals surface area contributed by atoms with E-state index in [1.54, 1.807) is 6.92 Å². The minimum atomic E-state index is -1.47. The summed E-state index contributed by atoms with van der Waals surface area (Å²) in [5.74, 6) is -0.569. The SMILES string of the molecule is CCOC(=O)C(O)c1cc(Cl)cc(Cl)c1OC. The predicted molar refractivity (Wildman–Crippen MR) is 64.6 cm³/mol. The van der Waals surface area contributed by atoms with Gasteiger partial charge in [0.25, 0.3) is 0 Å². The molecule has 94 valence electrons. The monoisotopic (exact) mass is 278 g/mol. The van der Waals surface area contributed by atoms with E-state index in [-0.39, 0.29) is 22.9 Å². The lowest BCUT2D eigenvalue weighted by atomic mass is 10.1. The van der Waals surface area contributed by atoms with Crippen molar-refractivity contribution in [3.8, 4) is 5.75 Å². The first kappa shape index (κ1) is 14.1. The molecule has 1 aromatic carbocycles. The van der Waals surface area contributed by atoms with Gasteiger partial charge in [0.15, 0.2) is 6.10 Å². The van der Waals surface area contributed by atoms with Gasteiger partial charge in [-0.3, -0.25) is 0 Å². The van der Waals surface area contributed by atoms with E-state index in [9.17, 15) is 9.90 Å². The number of halogens is 2. The van der Waals surface area contributed by atoms with Gasteiger partial charge >= 0.3 is 5.97 Å². The molecule has 0 aromatic heterocycles. The molecule has 0 heterocycles. The second kappa shape index (κ2) is 6.10. The minimum absolute atomic E-state index is 0.173. The van der Waals surface area contributed by atoms with Gasteiger partial charge in [0.2, 0.25) is 0 Å². The maximum Gasteiger partial charge on any atom is 0.339 e. The highest BCUT2D eigenvalue weighted by molar-refractivity contribution is 6.35. The lowest BCUT2D eigenvalue weighted by molar-refractivity contribution is -0.153. The van der Waals surface area contributed by atoms with Crippen molar-refractivity contribution in [3.05, 3.63) is 27.7 Å². The van der Waals surface area contributed by atoms with E-state index in [4.69, 9.17) is 32.7 Å². The van der Waals surface area contributed by atoms with Crippen molar-refractivity contribution in [3.63, 3.8) is 0 Å². The summed E-state index contributed by atoms with van der Waals surface area (Å²) in [5.41, 5.74) is 0.184. The van der Waals surface area contributed by atoms with Crippen molar-refractivity contribution in [2.45, 2.75) is 13.0 Å². The van der Waals surface area contributed by atoms with Gasteiger partial charge in [-0.05, 0) is 19.1 Å². The Morgan fingerprint density at radius 3 is 2.65 bits per heavy atom. The zero-order valence-electron chi connectivity index (χ0n) is 9.37. The minimum Gasteiger partial charge on any atom is -0.495 e. The Hall–Kier alpha value is -0.970. The first-order chi connectivity index (χ1) is 8.01. The van der Waals surface area contributed by atoms with Crippen LogP contribution in [0.1, 0.15) is 18.6 Å². The highest BCUT2D eigenvalue weighted by Crippen LogP contribution is 2.36. The van der Waals surface area contributed by atoms with Crippen LogP contribution < -0.4 is 4.74 Å². The Kier molecular flexibility index (Phi) is 5.05. The van der Waals surface area contributed by atoms with Crippen LogP contribution >= 0.6 is 23.2 Å². The topological polar surface area (TPSA) is 55.8 Å². The van der Waals surface area contributed by atoms with Gasteiger partial charge in [-0.25, -0.2) is 4.79 Å². The van der Waals surface area contributed by atoms with Gasteiger partial charge in [0.1, 0.15) is 5.75 Å². The molecule has 4 nitrogen and oxygen atoms in total. The highest BCUT2D eigenvalue weighted by Gasteiger charge is 2.24. The molecule has 0 radical (unpaired) electrons. The Labute approximate surface area is 109 Å². The summed E-state index contributed by atoms with van der Waals surface area (Å²) in [6, 6.07) is 2.87. The van der Waals surface area contributed by atoms with Crippen molar-refractivity contribution >= 4 is 29.2 Å². The molecule has 1 unspecified atom stereocenters. The van der Waals surface area contributed by atoms with E-state index in [1.807, 2.05) is 0 Å². The third kappa shape index (κ3) is 3.25. The van der Waals surface area contributed by atoms with Crippen molar-refractivity contribution in [1.82, 2.24) is 0 Å². The van der Waals surface area contributed by atoms with E-state index < -0.39 is 12.1 Å². The maximum absolute atomic E-state index is 11.4. The van der Waals surface area contributed by atoms with E-state index >= 15 is 0 Å². The van der Waals surface area contributed by atoms with Gasteiger partial charge in [-0.2, -0.15) is 0 Å². The lowest BCUT2D eigenvalue weighted by Crippen LogP contribution is -2.16. The summed E-state index contributed by atoms with van der Waals surface area (Å²) in [6.45, 7) is 1.82. The van der Waals surface area contributed by atoms with Crippen molar-refractivity contribution < 1.29 is 19.4 Å². The van der Waals surface area contributed by atoms with Crippen LogP contribution in [0.4, 0.5) is 0 Å². The number of ether oxygens (including phenoxy) is 2. The first-order valence-electron chi connectivity index (χ1n) is 4.88. The molecule has 1 aromatic rings. The molecule has 0 aliphatic carbocycles. The Morgan fingerprint density at radius 1 is 1.47 bits per heavy atom. The second-order valence-corrected chi connectivity index (χ2v) is 4.01. The molecule has 6 heteroatoms. The quantitative estimate of drug-likeness (QED) is 0.861. The molecule has 0 fully saturated rings. The fraction of sp³-hybridized carbons (Fsp3) is 0.364. The molecule has 17 heavy (non-hydrogen) atoms. The van der Waals surface area contributed by atoms with E-state index in [1.165, 1.54) is 19.2 Å². The van der Waals surface area contributed by atoms with Crippen molar-refractivity contribution in [2.75, 3.05) is 13.7 Å². The molecular weight excluding hydrogens is 267 g/mol. The zero-order valence-corrected chi connectivity index (χ0v) is 10.9.